The summed E-state index contributed by atoms with van der Waals surface area (Å²) in [6.45, 7) is 0. The van der Waals surface area contributed by atoms with Crippen LogP contribution in [0.4, 0.5) is 35.1 Å². The SMILES string of the molecule is C.COC(=O)c1ccc(/C(N)=N\O)cc1.O=C(O)c1cc2c(C(F)(F)F)ccc(F)c2o1.O=C(O)c1ccc(-c2noc(-c3cc4c(C(F)(F)F)ccc(F)c4o3)n2)cc1. The molecule has 3 heterocycles. The van der Waals surface area contributed by atoms with Crippen LogP contribution in [0.3, 0.4) is 0 Å². The van der Waals surface area contributed by atoms with Crippen LogP contribution in [-0.4, -0.2) is 56.4 Å². The van der Waals surface area contributed by atoms with Crippen LogP contribution >= 0.6 is 0 Å². The van der Waals surface area contributed by atoms with E-state index in [2.05, 4.69) is 24.5 Å². The molecule has 0 spiro atoms. The lowest BCUT2D eigenvalue weighted by molar-refractivity contribution is -0.137. The lowest BCUT2D eigenvalue weighted by Crippen LogP contribution is -2.13. The van der Waals surface area contributed by atoms with Gasteiger partial charge in [0, 0.05) is 28.0 Å². The molecule has 7 aromatic rings. The van der Waals surface area contributed by atoms with E-state index in [-0.39, 0.29) is 36.3 Å². The van der Waals surface area contributed by atoms with Gasteiger partial charge in [0.15, 0.2) is 34.4 Å². The Morgan fingerprint density at radius 1 is 0.717 bits per heavy atom. The van der Waals surface area contributed by atoms with Gasteiger partial charge in [0.05, 0.1) is 29.4 Å². The fraction of sp³-hybridized carbons (Fsp3) is 0.105. The third-order valence-electron chi connectivity index (χ3n) is 7.83. The Labute approximate surface area is 329 Å². The number of nitrogens with zero attached hydrogens (tertiary/aromatic N) is 3. The summed E-state index contributed by atoms with van der Waals surface area (Å²) in [5, 5.41) is 31.3. The fourth-order valence-corrected chi connectivity index (χ4v) is 5.04. The Balaban J connectivity index is 0.000000213. The molecule has 0 saturated carbocycles. The van der Waals surface area contributed by atoms with Crippen LogP contribution in [0, 0.1) is 11.6 Å². The van der Waals surface area contributed by atoms with Gasteiger partial charge >= 0.3 is 30.3 Å². The smallest absolute Gasteiger partial charge is 0.417 e. The number of nitrogens with two attached hydrogens (primary N) is 1. The van der Waals surface area contributed by atoms with E-state index in [1.165, 1.54) is 31.4 Å². The maximum Gasteiger partial charge on any atom is 0.417 e. The number of carboxylic acid groups (broad SMARTS) is 2. The number of halogens is 8. The molecule has 4 aromatic carbocycles. The number of hydrogen-bond acceptors (Lipinski definition) is 11. The van der Waals surface area contributed by atoms with E-state index in [0.717, 1.165) is 6.07 Å². The molecule has 0 bridgehead atoms. The van der Waals surface area contributed by atoms with Crippen LogP contribution in [0.25, 0.3) is 45.0 Å². The minimum absolute atomic E-state index is 0. The Kier molecular flexibility index (Phi) is 13.3. The van der Waals surface area contributed by atoms with Gasteiger partial charge in [0.25, 0.3) is 5.89 Å². The van der Waals surface area contributed by atoms with Crippen LogP contribution in [0.1, 0.15) is 55.4 Å². The zero-order valence-electron chi connectivity index (χ0n) is 29.2. The van der Waals surface area contributed by atoms with Crippen molar-refractivity contribution in [3.63, 3.8) is 0 Å². The molecule has 0 amide bonds. The van der Waals surface area contributed by atoms with Gasteiger partial charge in [0.2, 0.25) is 11.6 Å². The fourth-order valence-electron chi connectivity index (χ4n) is 5.04. The van der Waals surface area contributed by atoms with Crippen LogP contribution in [0.15, 0.2) is 103 Å². The summed E-state index contributed by atoms with van der Waals surface area (Å²) in [6, 6.07) is 15.8. The molecule has 0 atom stereocenters. The van der Waals surface area contributed by atoms with Crippen molar-refractivity contribution < 1.29 is 83.0 Å². The number of fused-ring (bicyclic) bond motifs is 2. The molecule has 314 valence electrons. The average Bonchev–Trinajstić information content (AvgIpc) is 3.97. The van der Waals surface area contributed by atoms with Gasteiger partial charge in [-0.15, -0.1) is 0 Å². The molecule has 14 nitrogen and oxygen atoms in total. The normalized spacial score (nSPS) is 11.5. The van der Waals surface area contributed by atoms with Crippen molar-refractivity contribution in [1.29, 1.82) is 0 Å². The van der Waals surface area contributed by atoms with Gasteiger partial charge < -0.3 is 39.2 Å². The van der Waals surface area contributed by atoms with Crippen LogP contribution < -0.4 is 5.73 Å². The van der Waals surface area contributed by atoms with Crippen LogP contribution in [0.2, 0.25) is 0 Å². The Morgan fingerprint density at radius 3 is 1.70 bits per heavy atom. The van der Waals surface area contributed by atoms with Gasteiger partial charge in [-0.2, -0.15) is 31.3 Å². The summed E-state index contributed by atoms with van der Waals surface area (Å²) < 4.78 is 123. The van der Waals surface area contributed by atoms with E-state index in [4.69, 9.17) is 30.1 Å². The minimum Gasteiger partial charge on any atom is -0.478 e. The highest BCUT2D eigenvalue weighted by atomic mass is 19.4. The average molecular weight is 851 g/mol. The number of rotatable bonds is 6. The third-order valence-corrected chi connectivity index (χ3v) is 7.83. The standard InChI is InChI=1S/C18H8F4N2O4.C10H4F4O3.C9H10N2O3.CH4/c19-12-6-5-11(18(20,21)22)10-7-13(27-14(10)12)16-23-15(24-28-16)8-1-3-9(4-2-8)17(25)26;11-6-2-1-5(10(12,13)14)4-3-7(9(15)16)17-8(4)6;1-14-9(12)7-4-2-6(3-5-7)8(10)11-13;/h1-7H,(H,25,26);1-3H,(H,15,16);2-5,13H,1H3,(H2,10,11);1H4. The zero-order chi connectivity index (χ0) is 43.4. The second-order valence-corrected chi connectivity index (χ2v) is 11.6. The Morgan fingerprint density at radius 2 is 1.22 bits per heavy atom. The lowest BCUT2D eigenvalue weighted by atomic mass is 10.1. The number of carbonyl (C=O) groups is 3. The predicted octanol–water partition coefficient (Wildman–Crippen LogP) is 9.50. The first-order valence-electron chi connectivity index (χ1n) is 15.9. The Bertz CT molecular complexity index is 2700. The van der Waals surface area contributed by atoms with Gasteiger partial charge in [-0.3, -0.25) is 0 Å². The summed E-state index contributed by atoms with van der Waals surface area (Å²) in [5.74, 6) is -6.25. The number of methoxy groups -OCH3 is 1. The molecule has 3 aromatic heterocycles. The zero-order valence-corrected chi connectivity index (χ0v) is 29.2. The quantitative estimate of drug-likeness (QED) is 0.0306. The largest absolute Gasteiger partial charge is 0.478 e. The third kappa shape index (κ3) is 9.84. The van der Waals surface area contributed by atoms with Crippen molar-refractivity contribution in [2.24, 2.45) is 10.9 Å². The molecule has 0 aliphatic rings. The molecule has 0 aliphatic carbocycles. The highest BCUT2D eigenvalue weighted by Gasteiger charge is 2.36. The predicted molar refractivity (Wildman–Crippen MR) is 192 cm³/mol. The van der Waals surface area contributed by atoms with E-state index < -0.39 is 80.7 Å². The van der Waals surface area contributed by atoms with E-state index >= 15 is 0 Å². The van der Waals surface area contributed by atoms with Gasteiger partial charge in [-0.05, 0) is 54.6 Å². The number of furan rings is 2. The first-order valence-corrected chi connectivity index (χ1v) is 15.9. The highest BCUT2D eigenvalue weighted by Crippen LogP contribution is 2.40. The molecular formula is C38H26F8N4O10. The number of amidine groups is 1. The van der Waals surface area contributed by atoms with Crippen LogP contribution in [-0.2, 0) is 17.1 Å². The molecule has 5 N–H and O–H groups in total. The van der Waals surface area contributed by atoms with Gasteiger partial charge in [-0.25, -0.2) is 23.2 Å². The van der Waals surface area contributed by atoms with Gasteiger partial charge in [0.1, 0.15) is 0 Å². The monoisotopic (exact) mass is 850 g/mol. The number of esters is 1. The summed E-state index contributed by atoms with van der Waals surface area (Å²) in [4.78, 5) is 36.5. The number of benzene rings is 4. The molecule has 22 heteroatoms. The number of hydrogen-bond donors (Lipinski definition) is 4. The van der Waals surface area contributed by atoms with Crippen molar-refractivity contribution in [2.45, 2.75) is 19.8 Å². The number of aromatic nitrogens is 2. The molecule has 0 unspecified atom stereocenters. The summed E-state index contributed by atoms with van der Waals surface area (Å²) in [6.07, 6.45) is -9.40. The first-order chi connectivity index (χ1) is 27.7. The number of aromatic carboxylic acids is 2. The number of alkyl halides is 6. The maximum absolute atomic E-state index is 13.9. The molecule has 0 fully saturated rings. The van der Waals surface area contributed by atoms with Crippen molar-refractivity contribution in [2.75, 3.05) is 7.11 Å². The summed E-state index contributed by atoms with van der Waals surface area (Å²) in [7, 11) is 1.31. The minimum atomic E-state index is -4.70. The van der Waals surface area contributed by atoms with E-state index in [1.54, 1.807) is 24.3 Å². The van der Waals surface area contributed by atoms with Crippen molar-refractivity contribution in [3.05, 3.63) is 130 Å². The van der Waals surface area contributed by atoms with E-state index in [0.29, 0.717) is 47.0 Å². The summed E-state index contributed by atoms with van der Waals surface area (Å²) >= 11 is 0. The highest BCUT2D eigenvalue weighted by molar-refractivity contribution is 5.98. The summed E-state index contributed by atoms with van der Waals surface area (Å²) in [5.41, 5.74) is 3.30. The van der Waals surface area contributed by atoms with Crippen molar-refractivity contribution >= 4 is 45.7 Å². The molecule has 0 radical (unpaired) electrons. The van der Waals surface area contributed by atoms with Crippen molar-refractivity contribution in [1.82, 2.24) is 10.1 Å². The molecule has 0 aliphatic heterocycles. The topological polar surface area (TPSA) is 225 Å². The molecular weight excluding hydrogens is 824 g/mol. The van der Waals surface area contributed by atoms with Gasteiger partial charge in [-0.1, -0.05) is 42.0 Å². The second kappa shape index (κ2) is 17.8. The molecule has 7 rings (SSSR count). The van der Waals surface area contributed by atoms with E-state index in [1.807, 2.05) is 0 Å². The number of carboxylic acids is 2. The molecule has 60 heavy (non-hydrogen) atoms. The second-order valence-electron chi connectivity index (χ2n) is 11.6. The van der Waals surface area contributed by atoms with Crippen LogP contribution in [0.5, 0.6) is 0 Å². The lowest BCUT2D eigenvalue weighted by Gasteiger charge is -2.06. The van der Waals surface area contributed by atoms with Crippen molar-refractivity contribution in [3.8, 4) is 23.0 Å². The number of ether oxygens (including phenoxy) is 1. The Hall–Kier alpha value is -7.78. The number of oxime groups is 1. The first kappa shape index (κ1) is 44.9. The number of carbonyl (C=O) groups excluding carboxylic acids is 1. The molecule has 0 saturated heterocycles. The maximum atomic E-state index is 13.9. The van der Waals surface area contributed by atoms with E-state index in [9.17, 15) is 49.5 Å².